The predicted octanol–water partition coefficient (Wildman–Crippen LogP) is 1.83. The van der Waals surface area contributed by atoms with Crippen LogP contribution in [0.25, 0.3) is 0 Å². The lowest BCUT2D eigenvalue weighted by atomic mass is 10.2. The van der Waals surface area contributed by atoms with Gasteiger partial charge in [-0.1, -0.05) is 20.8 Å². The van der Waals surface area contributed by atoms with E-state index in [4.69, 9.17) is 4.74 Å². The van der Waals surface area contributed by atoms with E-state index in [0.717, 1.165) is 6.42 Å². The fourth-order valence-electron chi connectivity index (χ4n) is 1.48. The number of nitrogens with one attached hydrogen (secondary N) is 2. The summed E-state index contributed by atoms with van der Waals surface area (Å²) in [6.45, 7) is 6.83. The van der Waals surface area contributed by atoms with E-state index in [9.17, 15) is 9.59 Å². The lowest BCUT2D eigenvalue weighted by Crippen LogP contribution is -2.23. The standard InChI is InChI=1S/C14H22N2O3/c1-4-5-14(18)16-7-11-6-12(17)13(8-15-11)19-9-10(2)3/h6,8,10H,4-5,7,9H2,1-3H3,(H,15,17)(H,16,18). The molecule has 1 rings (SSSR count). The zero-order chi connectivity index (χ0) is 14.3. The first-order valence-electron chi connectivity index (χ1n) is 6.64. The summed E-state index contributed by atoms with van der Waals surface area (Å²) in [6, 6.07) is 1.46. The summed E-state index contributed by atoms with van der Waals surface area (Å²) < 4.78 is 5.39. The maximum Gasteiger partial charge on any atom is 0.223 e. The van der Waals surface area contributed by atoms with Gasteiger partial charge >= 0.3 is 0 Å². The number of carbonyl (C=O) groups is 1. The van der Waals surface area contributed by atoms with Gasteiger partial charge in [-0.05, 0) is 12.3 Å². The fraction of sp³-hybridized carbons (Fsp3) is 0.571. The van der Waals surface area contributed by atoms with Gasteiger partial charge in [0, 0.05) is 24.4 Å². The third kappa shape index (κ3) is 5.59. The highest BCUT2D eigenvalue weighted by Crippen LogP contribution is 2.04. The van der Waals surface area contributed by atoms with E-state index < -0.39 is 0 Å². The topological polar surface area (TPSA) is 71.2 Å². The maximum atomic E-state index is 11.8. The zero-order valence-corrected chi connectivity index (χ0v) is 11.8. The van der Waals surface area contributed by atoms with Crippen molar-refractivity contribution >= 4 is 5.91 Å². The molecule has 5 heteroatoms. The summed E-state index contributed by atoms with van der Waals surface area (Å²) in [5.41, 5.74) is 0.505. The molecule has 0 unspecified atom stereocenters. The Labute approximate surface area is 113 Å². The van der Waals surface area contributed by atoms with E-state index in [1.807, 2.05) is 20.8 Å². The molecule has 0 radical (unpaired) electrons. The maximum absolute atomic E-state index is 11.8. The highest BCUT2D eigenvalue weighted by atomic mass is 16.5. The van der Waals surface area contributed by atoms with E-state index in [-0.39, 0.29) is 11.3 Å². The van der Waals surface area contributed by atoms with Gasteiger partial charge in [0.25, 0.3) is 0 Å². The van der Waals surface area contributed by atoms with Crippen molar-refractivity contribution in [1.82, 2.24) is 10.3 Å². The third-order valence-electron chi connectivity index (χ3n) is 2.46. The summed E-state index contributed by atoms with van der Waals surface area (Å²) in [5.74, 6) is 0.674. The molecule has 0 aliphatic rings. The highest BCUT2D eigenvalue weighted by Gasteiger charge is 2.05. The molecule has 5 nitrogen and oxygen atoms in total. The van der Waals surface area contributed by atoms with Gasteiger partial charge in [-0.2, -0.15) is 0 Å². The lowest BCUT2D eigenvalue weighted by molar-refractivity contribution is -0.121. The summed E-state index contributed by atoms with van der Waals surface area (Å²) in [6.07, 6.45) is 2.86. The van der Waals surface area contributed by atoms with Crippen molar-refractivity contribution in [3.05, 3.63) is 28.2 Å². The summed E-state index contributed by atoms with van der Waals surface area (Å²) in [5, 5.41) is 2.75. The Morgan fingerprint density at radius 3 is 2.79 bits per heavy atom. The molecule has 0 aromatic carbocycles. The van der Waals surface area contributed by atoms with Crippen LogP contribution in [0.15, 0.2) is 17.1 Å². The van der Waals surface area contributed by atoms with Crippen LogP contribution in [0.5, 0.6) is 5.75 Å². The van der Waals surface area contributed by atoms with Gasteiger partial charge in [0.05, 0.1) is 13.2 Å². The molecule has 0 saturated carbocycles. The monoisotopic (exact) mass is 266 g/mol. The average molecular weight is 266 g/mol. The van der Waals surface area contributed by atoms with Gasteiger partial charge in [0.15, 0.2) is 5.75 Å². The molecule has 0 saturated heterocycles. The minimum Gasteiger partial charge on any atom is -0.488 e. The van der Waals surface area contributed by atoms with Crippen LogP contribution in [0.4, 0.5) is 0 Å². The van der Waals surface area contributed by atoms with Crippen LogP contribution in [0.3, 0.4) is 0 Å². The van der Waals surface area contributed by atoms with Crippen molar-refractivity contribution in [2.45, 2.75) is 40.2 Å². The van der Waals surface area contributed by atoms with Crippen molar-refractivity contribution < 1.29 is 9.53 Å². The number of carbonyl (C=O) groups excluding carboxylic acids is 1. The minimum absolute atomic E-state index is 0.0107. The molecular weight excluding hydrogens is 244 g/mol. The number of aromatic nitrogens is 1. The molecule has 1 aromatic rings. The first-order chi connectivity index (χ1) is 9.02. The SMILES string of the molecule is CCCC(=O)NCc1cc(=O)c(OCC(C)C)c[nH]1. The minimum atomic E-state index is -0.167. The first kappa shape index (κ1) is 15.3. The number of amides is 1. The average Bonchev–Trinajstić information content (AvgIpc) is 2.35. The molecule has 0 fully saturated rings. The number of ether oxygens (including phenoxy) is 1. The second-order valence-corrected chi connectivity index (χ2v) is 4.92. The number of hydrogen-bond donors (Lipinski definition) is 2. The van der Waals surface area contributed by atoms with Gasteiger partial charge in [-0.15, -0.1) is 0 Å². The predicted molar refractivity (Wildman–Crippen MR) is 74.2 cm³/mol. The van der Waals surface area contributed by atoms with E-state index in [2.05, 4.69) is 10.3 Å². The number of pyridine rings is 1. The lowest BCUT2D eigenvalue weighted by Gasteiger charge is -2.09. The van der Waals surface area contributed by atoms with E-state index >= 15 is 0 Å². The van der Waals surface area contributed by atoms with E-state index in [1.54, 1.807) is 6.20 Å². The van der Waals surface area contributed by atoms with Crippen LogP contribution >= 0.6 is 0 Å². The van der Waals surface area contributed by atoms with Gasteiger partial charge in [-0.25, -0.2) is 0 Å². The van der Waals surface area contributed by atoms with Crippen molar-refractivity contribution in [2.24, 2.45) is 5.92 Å². The highest BCUT2D eigenvalue weighted by molar-refractivity contribution is 5.75. The molecule has 2 N–H and O–H groups in total. The molecular formula is C14H22N2O3. The molecule has 106 valence electrons. The second kappa shape index (κ2) is 7.61. The molecule has 0 bridgehead atoms. The van der Waals surface area contributed by atoms with Crippen LogP contribution in [-0.2, 0) is 11.3 Å². The number of H-pyrrole nitrogens is 1. The van der Waals surface area contributed by atoms with E-state index in [0.29, 0.717) is 36.9 Å². The largest absolute Gasteiger partial charge is 0.488 e. The fourth-order valence-corrected chi connectivity index (χ4v) is 1.48. The Bertz CT molecular complexity index is 466. The van der Waals surface area contributed by atoms with Gasteiger partial charge < -0.3 is 15.0 Å². The number of rotatable bonds is 7. The van der Waals surface area contributed by atoms with Gasteiger partial charge in [0.1, 0.15) is 0 Å². The zero-order valence-electron chi connectivity index (χ0n) is 11.8. The van der Waals surface area contributed by atoms with Crippen molar-refractivity contribution in [3.8, 4) is 5.75 Å². The molecule has 1 heterocycles. The van der Waals surface area contributed by atoms with Gasteiger partial charge in [-0.3, -0.25) is 9.59 Å². The molecule has 1 amide bonds. The number of aromatic amines is 1. The Balaban J connectivity index is 2.56. The van der Waals surface area contributed by atoms with Crippen LogP contribution in [0.2, 0.25) is 0 Å². The summed E-state index contributed by atoms with van der Waals surface area (Å²) in [4.78, 5) is 26.0. The van der Waals surface area contributed by atoms with Crippen molar-refractivity contribution in [1.29, 1.82) is 0 Å². The van der Waals surface area contributed by atoms with Crippen LogP contribution in [-0.4, -0.2) is 17.5 Å². The Morgan fingerprint density at radius 1 is 1.47 bits per heavy atom. The van der Waals surface area contributed by atoms with Crippen LogP contribution < -0.4 is 15.5 Å². The molecule has 19 heavy (non-hydrogen) atoms. The second-order valence-electron chi connectivity index (χ2n) is 4.92. The van der Waals surface area contributed by atoms with Crippen LogP contribution in [0.1, 0.15) is 39.3 Å². The number of hydrogen-bond acceptors (Lipinski definition) is 3. The quantitative estimate of drug-likeness (QED) is 0.791. The summed E-state index contributed by atoms with van der Waals surface area (Å²) >= 11 is 0. The van der Waals surface area contributed by atoms with Crippen molar-refractivity contribution in [2.75, 3.05) is 6.61 Å². The summed E-state index contributed by atoms with van der Waals surface area (Å²) in [7, 11) is 0. The first-order valence-corrected chi connectivity index (χ1v) is 6.64. The van der Waals surface area contributed by atoms with Crippen molar-refractivity contribution in [3.63, 3.8) is 0 Å². The Hall–Kier alpha value is -1.78. The normalized spacial score (nSPS) is 10.5. The molecule has 1 aromatic heterocycles. The Morgan fingerprint density at radius 2 is 2.21 bits per heavy atom. The van der Waals surface area contributed by atoms with Crippen LogP contribution in [0, 0.1) is 5.92 Å². The Kier molecular flexibility index (Phi) is 6.12. The smallest absolute Gasteiger partial charge is 0.223 e. The molecule has 0 spiro atoms. The molecule has 0 aliphatic heterocycles. The van der Waals surface area contributed by atoms with Gasteiger partial charge in [0.2, 0.25) is 11.3 Å². The van der Waals surface area contributed by atoms with E-state index in [1.165, 1.54) is 6.07 Å². The molecule has 0 aliphatic carbocycles. The molecule has 0 atom stereocenters. The third-order valence-corrected chi connectivity index (χ3v) is 2.46.